The summed E-state index contributed by atoms with van der Waals surface area (Å²) in [6.07, 6.45) is 0. The van der Waals surface area contributed by atoms with E-state index in [1.165, 1.54) is 4.90 Å². The summed E-state index contributed by atoms with van der Waals surface area (Å²) in [5.41, 5.74) is 2.57. The van der Waals surface area contributed by atoms with Crippen LogP contribution in [-0.2, 0) is 34.0 Å². The first-order valence-corrected chi connectivity index (χ1v) is 10.5. The molecule has 0 bridgehead atoms. The van der Waals surface area contributed by atoms with Gasteiger partial charge in [-0.1, -0.05) is 91.0 Å². The molecule has 1 heterocycles. The molecule has 1 atom stereocenters. The van der Waals surface area contributed by atoms with Gasteiger partial charge in [0, 0.05) is 13.1 Å². The first-order valence-electron chi connectivity index (χ1n) is 10.5. The quantitative estimate of drug-likeness (QED) is 0.421. The van der Waals surface area contributed by atoms with Gasteiger partial charge in [-0.2, -0.15) is 0 Å². The predicted octanol–water partition coefficient (Wildman–Crippen LogP) is 4.01. The van der Waals surface area contributed by atoms with Crippen molar-refractivity contribution in [1.29, 1.82) is 0 Å². The Morgan fingerprint density at radius 3 is 1.81 bits per heavy atom. The van der Waals surface area contributed by atoms with Crippen molar-refractivity contribution in [3.63, 3.8) is 0 Å². The van der Waals surface area contributed by atoms with Crippen LogP contribution in [0, 0.1) is 5.92 Å². The molecule has 0 saturated carbocycles. The molecule has 1 aliphatic heterocycles. The number of amides is 3. The summed E-state index contributed by atoms with van der Waals surface area (Å²) in [5, 5.41) is 0. The molecule has 0 spiro atoms. The van der Waals surface area contributed by atoms with E-state index in [2.05, 4.69) is 0 Å². The molecule has 3 aromatic rings. The number of esters is 1. The zero-order valence-electron chi connectivity index (χ0n) is 17.6. The van der Waals surface area contributed by atoms with Gasteiger partial charge in [0.15, 0.2) is 5.92 Å². The summed E-state index contributed by atoms with van der Waals surface area (Å²) in [5.74, 6) is -2.22. The van der Waals surface area contributed by atoms with Gasteiger partial charge in [-0.15, -0.1) is 0 Å². The molecule has 0 radical (unpaired) electrons. The van der Waals surface area contributed by atoms with E-state index in [0.717, 1.165) is 21.6 Å². The monoisotopic (exact) mass is 428 g/mol. The number of rotatable bonds is 7. The van der Waals surface area contributed by atoms with E-state index >= 15 is 0 Å². The minimum atomic E-state index is -1.07. The summed E-state index contributed by atoms with van der Waals surface area (Å²) in [4.78, 5) is 41.9. The zero-order chi connectivity index (χ0) is 22.3. The van der Waals surface area contributed by atoms with Gasteiger partial charge in [0.05, 0.1) is 6.54 Å². The molecule has 1 unspecified atom stereocenters. The van der Waals surface area contributed by atoms with Crippen LogP contribution in [0.3, 0.4) is 0 Å². The first kappa shape index (κ1) is 21.3. The molecule has 4 rings (SSSR count). The molecule has 1 saturated heterocycles. The van der Waals surface area contributed by atoms with Gasteiger partial charge in [0.2, 0.25) is 5.91 Å². The Morgan fingerprint density at radius 2 is 1.25 bits per heavy atom. The van der Waals surface area contributed by atoms with E-state index < -0.39 is 23.8 Å². The van der Waals surface area contributed by atoms with E-state index in [0.29, 0.717) is 6.54 Å². The Hall–Kier alpha value is -3.93. The Bertz CT molecular complexity index is 1070. The van der Waals surface area contributed by atoms with Crippen LogP contribution >= 0.6 is 0 Å². The van der Waals surface area contributed by atoms with Crippen molar-refractivity contribution in [2.24, 2.45) is 5.92 Å². The number of carbonyl (C=O) groups is 3. The summed E-state index contributed by atoms with van der Waals surface area (Å²) in [6.45, 7) is 0.479. The number of urea groups is 1. The van der Waals surface area contributed by atoms with Crippen molar-refractivity contribution in [1.82, 2.24) is 9.80 Å². The predicted molar refractivity (Wildman–Crippen MR) is 119 cm³/mol. The van der Waals surface area contributed by atoms with Gasteiger partial charge in [0.1, 0.15) is 6.61 Å². The molecule has 6 heteroatoms. The smallest absolute Gasteiger partial charge is 0.327 e. The van der Waals surface area contributed by atoms with Crippen molar-refractivity contribution in [3.05, 3.63) is 108 Å². The molecule has 32 heavy (non-hydrogen) atoms. The molecule has 6 nitrogen and oxygen atoms in total. The molecule has 0 aromatic heterocycles. The Labute approximate surface area is 187 Å². The van der Waals surface area contributed by atoms with Crippen LogP contribution in [-0.4, -0.2) is 34.3 Å². The average molecular weight is 428 g/mol. The lowest BCUT2D eigenvalue weighted by molar-refractivity contribution is -0.158. The van der Waals surface area contributed by atoms with E-state index in [1.807, 2.05) is 91.0 Å². The van der Waals surface area contributed by atoms with Gasteiger partial charge < -0.3 is 9.64 Å². The van der Waals surface area contributed by atoms with Crippen LogP contribution < -0.4 is 0 Å². The third-order valence-electron chi connectivity index (χ3n) is 5.38. The lowest BCUT2D eigenvalue weighted by atomic mass is 10.0. The fourth-order valence-corrected chi connectivity index (χ4v) is 3.68. The third kappa shape index (κ3) is 5.03. The lowest BCUT2D eigenvalue weighted by Gasteiger charge is -2.37. The van der Waals surface area contributed by atoms with Gasteiger partial charge in [0.25, 0.3) is 0 Å². The van der Waals surface area contributed by atoms with Crippen LogP contribution in [0.25, 0.3) is 0 Å². The SMILES string of the molecule is O=C(OCc1ccccc1)C1CN(Cc2ccccc2)C(=O)N(Cc2ccccc2)C1=O. The average Bonchev–Trinajstić information content (AvgIpc) is 2.84. The number of nitrogens with zero attached hydrogens (tertiary/aromatic N) is 2. The number of imide groups is 1. The molecule has 3 amide bonds. The Kier molecular flexibility index (Phi) is 6.60. The molecule has 1 aliphatic rings. The minimum Gasteiger partial charge on any atom is -0.460 e. The number of carbonyl (C=O) groups excluding carboxylic acids is 3. The lowest BCUT2D eigenvalue weighted by Crippen LogP contribution is -2.58. The largest absolute Gasteiger partial charge is 0.460 e. The minimum absolute atomic E-state index is 0.00846. The number of hydrogen-bond acceptors (Lipinski definition) is 4. The summed E-state index contributed by atoms with van der Waals surface area (Å²) in [6, 6.07) is 27.7. The Balaban J connectivity index is 1.54. The maximum absolute atomic E-state index is 13.2. The van der Waals surface area contributed by atoms with Crippen molar-refractivity contribution in [3.8, 4) is 0 Å². The number of benzene rings is 3. The molecule has 3 aromatic carbocycles. The van der Waals surface area contributed by atoms with Gasteiger partial charge in [-0.05, 0) is 16.7 Å². The van der Waals surface area contributed by atoms with E-state index in [-0.39, 0.29) is 19.7 Å². The molecule has 0 N–H and O–H groups in total. The third-order valence-corrected chi connectivity index (χ3v) is 5.38. The second-order valence-corrected chi connectivity index (χ2v) is 7.70. The highest BCUT2D eigenvalue weighted by molar-refractivity contribution is 6.07. The molecule has 162 valence electrons. The normalized spacial score (nSPS) is 16.2. The van der Waals surface area contributed by atoms with Gasteiger partial charge in [-0.3, -0.25) is 14.5 Å². The van der Waals surface area contributed by atoms with E-state index in [1.54, 1.807) is 0 Å². The van der Waals surface area contributed by atoms with Crippen LogP contribution in [0.2, 0.25) is 0 Å². The van der Waals surface area contributed by atoms with Crippen LogP contribution in [0.1, 0.15) is 16.7 Å². The fraction of sp³-hybridized carbons (Fsp3) is 0.192. The molecular weight excluding hydrogens is 404 g/mol. The maximum atomic E-state index is 13.2. The summed E-state index contributed by atoms with van der Waals surface area (Å²) in [7, 11) is 0. The van der Waals surface area contributed by atoms with Crippen molar-refractivity contribution < 1.29 is 19.1 Å². The highest BCUT2D eigenvalue weighted by Crippen LogP contribution is 2.22. The van der Waals surface area contributed by atoms with Gasteiger partial charge >= 0.3 is 12.0 Å². The highest BCUT2D eigenvalue weighted by atomic mass is 16.5. The molecule has 0 aliphatic carbocycles. The summed E-state index contributed by atoms with van der Waals surface area (Å²) < 4.78 is 5.45. The van der Waals surface area contributed by atoms with Crippen molar-refractivity contribution >= 4 is 17.9 Å². The van der Waals surface area contributed by atoms with Crippen molar-refractivity contribution in [2.45, 2.75) is 19.7 Å². The highest BCUT2D eigenvalue weighted by Gasteiger charge is 2.43. The van der Waals surface area contributed by atoms with Gasteiger partial charge in [-0.25, -0.2) is 4.79 Å². The summed E-state index contributed by atoms with van der Waals surface area (Å²) >= 11 is 0. The van der Waals surface area contributed by atoms with E-state index in [4.69, 9.17) is 4.74 Å². The number of hydrogen-bond donors (Lipinski definition) is 0. The van der Waals surface area contributed by atoms with Crippen LogP contribution in [0.15, 0.2) is 91.0 Å². The molecule has 1 fully saturated rings. The Morgan fingerprint density at radius 1 is 0.750 bits per heavy atom. The standard InChI is InChI=1S/C26H24N2O4/c29-24-23(25(30)32-19-22-14-8-3-9-15-22)18-27(16-20-10-4-1-5-11-20)26(31)28(24)17-21-12-6-2-7-13-21/h1-15,23H,16-19H2. The molecular formula is C26H24N2O4. The second-order valence-electron chi connectivity index (χ2n) is 7.70. The fourth-order valence-electron chi connectivity index (χ4n) is 3.68. The first-order chi connectivity index (χ1) is 15.6. The maximum Gasteiger partial charge on any atom is 0.327 e. The van der Waals surface area contributed by atoms with Crippen LogP contribution in [0.5, 0.6) is 0 Å². The topological polar surface area (TPSA) is 66.9 Å². The number of ether oxygens (including phenoxy) is 1. The zero-order valence-corrected chi connectivity index (χ0v) is 17.6. The second kappa shape index (κ2) is 9.92. The van der Waals surface area contributed by atoms with Crippen LogP contribution in [0.4, 0.5) is 4.79 Å². The van der Waals surface area contributed by atoms with E-state index in [9.17, 15) is 14.4 Å². The van der Waals surface area contributed by atoms with Crippen molar-refractivity contribution in [2.75, 3.05) is 6.54 Å².